The lowest BCUT2D eigenvalue weighted by Gasteiger charge is -2.06. The van der Waals surface area contributed by atoms with Gasteiger partial charge in [-0.3, -0.25) is 4.79 Å². The highest BCUT2D eigenvalue weighted by Crippen LogP contribution is 2.22. The van der Waals surface area contributed by atoms with Crippen LogP contribution in [0.15, 0.2) is 22.7 Å². The minimum Gasteiger partial charge on any atom is -0.355 e. The Labute approximate surface area is 115 Å². The molecule has 1 aromatic carbocycles. The summed E-state index contributed by atoms with van der Waals surface area (Å²) < 4.78 is 0.991. The summed E-state index contributed by atoms with van der Waals surface area (Å²) in [5.41, 5.74) is 1.06. The first kappa shape index (κ1) is 14.5. The number of amides is 1. The number of halogens is 2. The van der Waals surface area contributed by atoms with Gasteiger partial charge in [-0.25, -0.2) is 0 Å². The molecule has 3 nitrogen and oxygen atoms in total. The number of carbonyl (C=O) groups excluding carboxylic acids is 1. The highest BCUT2D eigenvalue weighted by molar-refractivity contribution is 9.10. The van der Waals surface area contributed by atoms with Crippen molar-refractivity contribution in [3.05, 3.63) is 33.3 Å². The van der Waals surface area contributed by atoms with Crippen LogP contribution in [0.1, 0.15) is 12.0 Å². The van der Waals surface area contributed by atoms with Crippen LogP contribution >= 0.6 is 27.5 Å². The average Bonchev–Trinajstić information content (AvgIpc) is 2.31. The summed E-state index contributed by atoms with van der Waals surface area (Å²) in [6.45, 7) is 1.44. The average molecular weight is 320 g/mol. The lowest BCUT2D eigenvalue weighted by atomic mass is 10.1. The molecule has 2 N–H and O–H groups in total. The molecule has 0 aliphatic heterocycles. The molecule has 0 bridgehead atoms. The smallest absolute Gasteiger partial charge is 0.220 e. The molecule has 0 atom stereocenters. The van der Waals surface area contributed by atoms with Crippen LogP contribution in [0.25, 0.3) is 0 Å². The maximum atomic E-state index is 11.5. The molecule has 0 saturated heterocycles. The standard InChI is InChI=1S/C12H16BrClN2O/c1-15-6-7-16-12(17)5-2-9-8-10(14)3-4-11(9)13/h3-4,8,15H,2,5-7H2,1H3,(H,16,17). The van der Waals surface area contributed by atoms with Crippen molar-refractivity contribution in [1.29, 1.82) is 0 Å². The Kier molecular flexibility index (Phi) is 6.55. The quantitative estimate of drug-likeness (QED) is 0.790. The van der Waals surface area contributed by atoms with E-state index in [1.54, 1.807) is 0 Å². The number of hydrogen-bond acceptors (Lipinski definition) is 2. The number of benzene rings is 1. The van der Waals surface area contributed by atoms with Crippen molar-refractivity contribution in [2.24, 2.45) is 0 Å². The number of likely N-dealkylation sites (N-methyl/N-ethyl adjacent to an activating group) is 1. The second kappa shape index (κ2) is 7.69. The first-order valence-electron chi connectivity index (χ1n) is 5.48. The van der Waals surface area contributed by atoms with Gasteiger partial charge >= 0.3 is 0 Å². The fourth-order valence-corrected chi connectivity index (χ4v) is 2.04. The van der Waals surface area contributed by atoms with Crippen LogP contribution in [0.2, 0.25) is 5.02 Å². The molecular formula is C12H16BrClN2O. The van der Waals surface area contributed by atoms with Crippen molar-refractivity contribution in [2.75, 3.05) is 20.1 Å². The molecule has 0 aliphatic rings. The van der Waals surface area contributed by atoms with E-state index >= 15 is 0 Å². The molecule has 0 spiro atoms. The van der Waals surface area contributed by atoms with Crippen molar-refractivity contribution < 1.29 is 4.79 Å². The predicted molar refractivity (Wildman–Crippen MR) is 74.4 cm³/mol. The largest absolute Gasteiger partial charge is 0.355 e. The summed E-state index contributed by atoms with van der Waals surface area (Å²) in [6.07, 6.45) is 1.16. The third kappa shape index (κ3) is 5.52. The van der Waals surface area contributed by atoms with Crippen molar-refractivity contribution in [3.63, 3.8) is 0 Å². The maximum Gasteiger partial charge on any atom is 0.220 e. The molecule has 17 heavy (non-hydrogen) atoms. The van der Waals surface area contributed by atoms with Crippen molar-refractivity contribution in [1.82, 2.24) is 10.6 Å². The fraction of sp³-hybridized carbons (Fsp3) is 0.417. The SMILES string of the molecule is CNCCNC(=O)CCc1cc(Cl)ccc1Br. The lowest BCUT2D eigenvalue weighted by Crippen LogP contribution is -2.30. The van der Waals surface area contributed by atoms with Gasteiger partial charge in [0.05, 0.1) is 0 Å². The highest BCUT2D eigenvalue weighted by atomic mass is 79.9. The molecule has 0 unspecified atom stereocenters. The van der Waals surface area contributed by atoms with Gasteiger partial charge in [-0.1, -0.05) is 27.5 Å². The van der Waals surface area contributed by atoms with E-state index in [9.17, 15) is 4.79 Å². The maximum absolute atomic E-state index is 11.5. The Morgan fingerprint density at radius 3 is 2.88 bits per heavy atom. The second-order valence-electron chi connectivity index (χ2n) is 3.69. The minimum atomic E-state index is 0.0622. The van der Waals surface area contributed by atoms with Crippen molar-refractivity contribution in [2.45, 2.75) is 12.8 Å². The van der Waals surface area contributed by atoms with E-state index in [-0.39, 0.29) is 5.91 Å². The summed E-state index contributed by atoms with van der Waals surface area (Å²) in [5, 5.41) is 6.51. The molecule has 0 radical (unpaired) electrons. The van der Waals surface area contributed by atoms with Crippen LogP contribution in [-0.4, -0.2) is 26.0 Å². The molecule has 94 valence electrons. The highest BCUT2D eigenvalue weighted by Gasteiger charge is 2.05. The van der Waals surface area contributed by atoms with Crippen LogP contribution in [0, 0.1) is 0 Å². The van der Waals surface area contributed by atoms with E-state index in [0.717, 1.165) is 16.6 Å². The summed E-state index contributed by atoms with van der Waals surface area (Å²) in [7, 11) is 1.86. The zero-order valence-corrected chi connectivity index (χ0v) is 12.1. The van der Waals surface area contributed by atoms with Crippen molar-refractivity contribution >= 4 is 33.4 Å². The van der Waals surface area contributed by atoms with Gasteiger partial charge < -0.3 is 10.6 Å². The zero-order chi connectivity index (χ0) is 12.7. The lowest BCUT2D eigenvalue weighted by molar-refractivity contribution is -0.121. The molecule has 0 aromatic heterocycles. The van der Waals surface area contributed by atoms with E-state index in [2.05, 4.69) is 26.6 Å². The Balaban J connectivity index is 2.39. The summed E-state index contributed by atoms with van der Waals surface area (Å²) >= 11 is 9.35. The second-order valence-corrected chi connectivity index (χ2v) is 4.98. The van der Waals surface area contributed by atoms with Crippen LogP contribution in [0.4, 0.5) is 0 Å². The molecule has 1 rings (SSSR count). The topological polar surface area (TPSA) is 41.1 Å². The van der Waals surface area contributed by atoms with Gasteiger partial charge in [-0.2, -0.15) is 0 Å². The number of rotatable bonds is 6. The van der Waals surface area contributed by atoms with Crippen molar-refractivity contribution in [3.8, 4) is 0 Å². The Bertz CT molecular complexity index is 385. The van der Waals surface area contributed by atoms with Crippen LogP contribution < -0.4 is 10.6 Å². The Morgan fingerprint density at radius 2 is 2.18 bits per heavy atom. The van der Waals surface area contributed by atoms with Gasteiger partial charge in [0.2, 0.25) is 5.91 Å². The molecule has 1 amide bonds. The van der Waals surface area contributed by atoms with Crippen LogP contribution in [0.3, 0.4) is 0 Å². The van der Waals surface area contributed by atoms with Gasteiger partial charge in [0, 0.05) is 29.0 Å². The van der Waals surface area contributed by atoms with Crippen LogP contribution in [0.5, 0.6) is 0 Å². The summed E-state index contributed by atoms with van der Waals surface area (Å²) in [5.74, 6) is 0.0622. The van der Waals surface area contributed by atoms with E-state index in [1.165, 1.54) is 0 Å². The number of carbonyl (C=O) groups is 1. The molecular weight excluding hydrogens is 304 g/mol. The molecule has 0 heterocycles. The normalized spacial score (nSPS) is 10.3. The third-order valence-electron chi connectivity index (χ3n) is 2.33. The summed E-state index contributed by atoms with van der Waals surface area (Å²) in [6, 6.07) is 5.60. The predicted octanol–water partition coefficient (Wildman–Crippen LogP) is 2.37. The Morgan fingerprint density at radius 1 is 1.41 bits per heavy atom. The molecule has 1 aromatic rings. The van der Waals surface area contributed by atoms with Crippen LogP contribution in [-0.2, 0) is 11.2 Å². The van der Waals surface area contributed by atoms with E-state index < -0.39 is 0 Å². The van der Waals surface area contributed by atoms with Gasteiger partial charge in [0.25, 0.3) is 0 Å². The summed E-state index contributed by atoms with van der Waals surface area (Å²) in [4.78, 5) is 11.5. The monoisotopic (exact) mass is 318 g/mol. The van der Waals surface area contributed by atoms with E-state index in [1.807, 2.05) is 25.2 Å². The minimum absolute atomic E-state index is 0.0622. The number of hydrogen-bond donors (Lipinski definition) is 2. The zero-order valence-electron chi connectivity index (χ0n) is 9.72. The van der Waals surface area contributed by atoms with Gasteiger partial charge in [-0.05, 0) is 37.2 Å². The van der Waals surface area contributed by atoms with E-state index in [4.69, 9.17) is 11.6 Å². The number of aryl methyl sites for hydroxylation is 1. The van der Waals surface area contributed by atoms with Gasteiger partial charge in [0.15, 0.2) is 0 Å². The van der Waals surface area contributed by atoms with Gasteiger partial charge in [0.1, 0.15) is 0 Å². The fourth-order valence-electron chi connectivity index (χ4n) is 1.40. The molecule has 0 saturated carbocycles. The molecule has 0 aliphatic carbocycles. The van der Waals surface area contributed by atoms with Gasteiger partial charge in [-0.15, -0.1) is 0 Å². The first-order chi connectivity index (χ1) is 8.13. The molecule has 5 heteroatoms. The number of nitrogens with one attached hydrogen (secondary N) is 2. The van der Waals surface area contributed by atoms with E-state index in [0.29, 0.717) is 24.4 Å². The molecule has 0 fully saturated rings. The third-order valence-corrected chi connectivity index (χ3v) is 3.34. The Hall–Kier alpha value is -0.580. The first-order valence-corrected chi connectivity index (χ1v) is 6.66.